The average Bonchev–Trinajstić information content (AvgIpc) is 3.29. The Bertz CT molecular complexity index is 1140. The van der Waals surface area contributed by atoms with Gasteiger partial charge in [-0.2, -0.15) is 5.10 Å². The minimum atomic E-state index is -0.505. The highest BCUT2D eigenvalue weighted by Crippen LogP contribution is 2.26. The lowest BCUT2D eigenvalue weighted by molar-refractivity contribution is 0.102. The van der Waals surface area contributed by atoms with Gasteiger partial charge in [-0.3, -0.25) is 9.89 Å². The van der Waals surface area contributed by atoms with Gasteiger partial charge in [-0.1, -0.05) is 11.6 Å². The second kappa shape index (κ2) is 6.69. The van der Waals surface area contributed by atoms with Gasteiger partial charge in [-0.25, -0.2) is 14.4 Å². The number of carbonyl (C=O) groups is 1. The third-order valence-corrected chi connectivity index (χ3v) is 4.04. The number of carbonyl (C=O) groups excluding carboxylic acids is 1. The van der Waals surface area contributed by atoms with Crippen molar-refractivity contribution in [2.75, 3.05) is 12.4 Å². The second-order valence-electron chi connectivity index (χ2n) is 5.58. The number of aromatic nitrogens is 5. The van der Waals surface area contributed by atoms with E-state index >= 15 is 0 Å². The standard InChI is InChI=1S/C17H12ClFN6O2/c1-27-9-4-10(19)15-11(5-9)21-16(23-15)12-6-14(25-24-12)22-17(26)8-2-3-13(18)20-7-8/h2-7H,1H3,(H,21,23)(H2,22,24,25,26). The highest BCUT2D eigenvalue weighted by molar-refractivity contribution is 6.29. The molecule has 3 heterocycles. The predicted molar refractivity (Wildman–Crippen MR) is 97.4 cm³/mol. The summed E-state index contributed by atoms with van der Waals surface area (Å²) < 4.78 is 19.1. The molecule has 0 saturated carbocycles. The first-order valence-electron chi connectivity index (χ1n) is 7.75. The molecule has 0 saturated heterocycles. The Balaban J connectivity index is 1.59. The molecule has 0 fully saturated rings. The van der Waals surface area contributed by atoms with E-state index in [4.69, 9.17) is 16.3 Å². The molecule has 8 nitrogen and oxygen atoms in total. The van der Waals surface area contributed by atoms with Crippen LogP contribution in [-0.4, -0.2) is 38.2 Å². The Morgan fingerprint density at radius 3 is 2.89 bits per heavy atom. The van der Waals surface area contributed by atoms with E-state index in [0.29, 0.717) is 33.5 Å². The minimum Gasteiger partial charge on any atom is -0.497 e. The second-order valence-corrected chi connectivity index (χ2v) is 5.97. The summed E-state index contributed by atoms with van der Waals surface area (Å²) in [5.74, 6) is 0.138. The Hall–Kier alpha value is -3.46. The molecule has 27 heavy (non-hydrogen) atoms. The summed E-state index contributed by atoms with van der Waals surface area (Å²) >= 11 is 5.71. The van der Waals surface area contributed by atoms with Crippen LogP contribution >= 0.6 is 11.6 Å². The van der Waals surface area contributed by atoms with Crippen molar-refractivity contribution in [1.82, 2.24) is 25.1 Å². The van der Waals surface area contributed by atoms with Crippen LogP contribution in [-0.2, 0) is 0 Å². The maximum absolute atomic E-state index is 14.1. The van der Waals surface area contributed by atoms with Gasteiger partial charge in [-0.15, -0.1) is 0 Å². The SMILES string of the molecule is COc1cc(F)c2nc(-c3cc(NC(=O)c4ccc(Cl)nc4)n[nH]3)[nH]c2c1. The Morgan fingerprint density at radius 1 is 1.30 bits per heavy atom. The van der Waals surface area contributed by atoms with E-state index in [-0.39, 0.29) is 11.3 Å². The van der Waals surface area contributed by atoms with Crippen LogP contribution in [0.3, 0.4) is 0 Å². The number of anilines is 1. The maximum atomic E-state index is 14.1. The first-order valence-corrected chi connectivity index (χ1v) is 8.13. The van der Waals surface area contributed by atoms with Crippen LogP contribution in [0.2, 0.25) is 5.15 Å². The third-order valence-electron chi connectivity index (χ3n) is 3.81. The lowest BCUT2D eigenvalue weighted by Gasteiger charge is -2.00. The van der Waals surface area contributed by atoms with Crippen molar-refractivity contribution in [2.24, 2.45) is 0 Å². The zero-order valence-electron chi connectivity index (χ0n) is 13.9. The highest BCUT2D eigenvalue weighted by atomic mass is 35.5. The molecule has 0 bridgehead atoms. The molecule has 3 N–H and O–H groups in total. The molecule has 0 aliphatic carbocycles. The molecule has 0 spiro atoms. The van der Waals surface area contributed by atoms with Crippen LogP contribution in [0.5, 0.6) is 5.75 Å². The summed E-state index contributed by atoms with van der Waals surface area (Å²) in [5.41, 5.74) is 1.48. The lowest BCUT2D eigenvalue weighted by Crippen LogP contribution is -2.12. The number of H-pyrrole nitrogens is 2. The number of nitrogens with one attached hydrogen (secondary N) is 3. The normalized spacial score (nSPS) is 10.9. The Morgan fingerprint density at radius 2 is 2.15 bits per heavy atom. The Labute approximate surface area is 156 Å². The van der Waals surface area contributed by atoms with Crippen molar-refractivity contribution in [2.45, 2.75) is 0 Å². The molecule has 0 atom stereocenters. The van der Waals surface area contributed by atoms with E-state index in [1.807, 2.05) is 0 Å². The van der Waals surface area contributed by atoms with Crippen LogP contribution in [0, 0.1) is 5.82 Å². The summed E-state index contributed by atoms with van der Waals surface area (Å²) in [6.45, 7) is 0. The molecular formula is C17H12ClFN6O2. The van der Waals surface area contributed by atoms with Crippen molar-refractivity contribution in [3.63, 3.8) is 0 Å². The molecule has 0 aliphatic heterocycles. The van der Waals surface area contributed by atoms with E-state index in [1.165, 1.54) is 25.4 Å². The van der Waals surface area contributed by atoms with Crippen LogP contribution in [0.15, 0.2) is 36.5 Å². The number of ether oxygens (including phenoxy) is 1. The molecule has 4 rings (SSSR count). The number of hydrogen-bond acceptors (Lipinski definition) is 5. The molecule has 3 aromatic heterocycles. The maximum Gasteiger partial charge on any atom is 0.258 e. The number of methoxy groups -OCH3 is 1. The zero-order valence-corrected chi connectivity index (χ0v) is 14.6. The summed E-state index contributed by atoms with van der Waals surface area (Å²) in [6.07, 6.45) is 1.36. The van der Waals surface area contributed by atoms with Crippen molar-refractivity contribution < 1.29 is 13.9 Å². The first kappa shape index (κ1) is 17.0. The van der Waals surface area contributed by atoms with Gasteiger partial charge in [0.2, 0.25) is 0 Å². The van der Waals surface area contributed by atoms with Gasteiger partial charge in [0.1, 0.15) is 22.1 Å². The molecular weight excluding hydrogens is 375 g/mol. The monoisotopic (exact) mass is 386 g/mol. The smallest absolute Gasteiger partial charge is 0.258 e. The van der Waals surface area contributed by atoms with Crippen molar-refractivity contribution >= 4 is 34.4 Å². The third kappa shape index (κ3) is 3.32. The van der Waals surface area contributed by atoms with Gasteiger partial charge < -0.3 is 15.0 Å². The van der Waals surface area contributed by atoms with Gasteiger partial charge in [0.05, 0.1) is 18.2 Å². The topological polar surface area (TPSA) is 109 Å². The van der Waals surface area contributed by atoms with Gasteiger partial charge in [-0.05, 0) is 12.1 Å². The number of amides is 1. The van der Waals surface area contributed by atoms with Gasteiger partial charge in [0, 0.05) is 24.4 Å². The number of benzene rings is 1. The summed E-state index contributed by atoms with van der Waals surface area (Å²) in [4.78, 5) is 23.3. The van der Waals surface area contributed by atoms with Crippen molar-refractivity contribution in [3.8, 4) is 17.3 Å². The highest BCUT2D eigenvalue weighted by Gasteiger charge is 2.14. The van der Waals surface area contributed by atoms with Crippen LogP contribution < -0.4 is 10.1 Å². The predicted octanol–water partition coefficient (Wildman–Crippen LogP) is 3.40. The minimum absolute atomic E-state index is 0.179. The number of imidazole rings is 1. The van der Waals surface area contributed by atoms with Crippen molar-refractivity contribution in [1.29, 1.82) is 0 Å². The van der Waals surface area contributed by atoms with Crippen molar-refractivity contribution in [3.05, 3.63) is 53.1 Å². The number of nitrogens with zero attached hydrogens (tertiary/aromatic N) is 3. The summed E-state index contributed by atoms with van der Waals surface area (Å²) in [6, 6.07) is 7.54. The molecule has 1 amide bonds. The molecule has 0 aliphatic rings. The van der Waals surface area contributed by atoms with E-state index in [0.717, 1.165) is 0 Å². The molecule has 1 aromatic carbocycles. The van der Waals surface area contributed by atoms with E-state index in [2.05, 4.69) is 30.5 Å². The van der Waals surface area contributed by atoms with Gasteiger partial charge >= 0.3 is 0 Å². The fourth-order valence-corrected chi connectivity index (χ4v) is 2.61. The fraction of sp³-hybridized carbons (Fsp3) is 0.0588. The first-order chi connectivity index (χ1) is 13.0. The quantitative estimate of drug-likeness (QED) is 0.466. The molecule has 136 valence electrons. The number of fused-ring (bicyclic) bond motifs is 1. The molecule has 10 heteroatoms. The number of aromatic amines is 2. The molecule has 0 radical (unpaired) electrons. The number of halogens is 2. The van der Waals surface area contributed by atoms with Gasteiger partial charge in [0.25, 0.3) is 5.91 Å². The van der Waals surface area contributed by atoms with E-state index in [9.17, 15) is 9.18 Å². The number of hydrogen-bond donors (Lipinski definition) is 3. The van der Waals surface area contributed by atoms with Crippen LogP contribution in [0.25, 0.3) is 22.6 Å². The number of pyridine rings is 1. The number of rotatable bonds is 4. The van der Waals surface area contributed by atoms with Crippen LogP contribution in [0.1, 0.15) is 10.4 Å². The summed E-state index contributed by atoms with van der Waals surface area (Å²) in [7, 11) is 1.46. The molecule has 0 unspecified atom stereocenters. The lowest BCUT2D eigenvalue weighted by atomic mass is 10.2. The van der Waals surface area contributed by atoms with E-state index < -0.39 is 11.7 Å². The van der Waals surface area contributed by atoms with Crippen LogP contribution in [0.4, 0.5) is 10.2 Å². The zero-order chi connectivity index (χ0) is 19.0. The molecule has 4 aromatic rings. The Kier molecular flexibility index (Phi) is 4.21. The summed E-state index contributed by atoms with van der Waals surface area (Å²) in [5, 5.41) is 9.69. The van der Waals surface area contributed by atoms with E-state index in [1.54, 1.807) is 18.2 Å². The largest absolute Gasteiger partial charge is 0.497 e. The fourth-order valence-electron chi connectivity index (χ4n) is 2.50. The van der Waals surface area contributed by atoms with Gasteiger partial charge in [0.15, 0.2) is 17.5 Å². The average molecular weight is 387 g/mol.